The molecule has 1 aliphatic heterocycles. The zero-order chi connectivity index (χ0) is 13.7. The fourth-order valence-electron chi connectivity index (χ4n) is 2.10. The van der Waals surface area contributed by atoms with Crippen LogP contribution in [0, 0.1) is 0 Å². The van der Waals surface area contributed by atoms with E-state index < -0.39 is 12.0 Å². The molecule has 1 aliphatic rings. The maximum absolute atomic E-state index is 11.6. The molecule has 1 rings (SSSR count). The SMILES string of the molecule is CNCC(O)C(=O)NC1CC(C(=O)OC)N(C)C1. The number of carbonyl (C=O) groups excluding carboxylic acids is 2. The molecule has 7 heteroatoms. The molecule has 1 amide bonds. The van der Waals surface area contributed by atoms with E-state index in [4.69, 9.17) is 4.74 Å². The Hall–Kier alpha value is -1.18. The van der Waals surface area contributed by atoms with Gasteiger partial charge in [-0.05, 0) is 20.5 Å². The van der Waals surface area contributed by atoms with Crippen molar-refractivity contribution < 1.29 is 19.4 Å². The molecule has 104 valence electrons. The number of carbonyl (C=O) groups is 2. The summed E-state index contributed by atoms with van der Waals surface area (Å²) < 4.78 is 4.69. The van der Waals surface area contributed by atoms with E-state index in [2.05, 4.69) is 10.6 Å². The topological polar surface area (TPSA) is 90.9 Å². The maximum Gasteiger partial charge on any atom is 0.323 e. The second-order valence-electron chi connectivity index (χ2n) is 4.49. The number of nitrogens with one attached hydrogen (secondary N) is 2. The summed E-state index contributed by atoms with van der Waals surface area (Å²) in [5.41, 5.74) is 0. The van der Waals surface area contributed by atoms with Crippen LogP contribution in [0.15, 0.2) is 0 Å². The number of esters is 1. The molecule has 3 atom stereocenters. The summed E-state index contributed by atoms with van der Waals surface area (Å²) >= 11 is 0. The molecule has 3 N–H and O–H groups in total. The number of likely N-dealkylation sites (tertiary alicyclic amines) is 1. The Morgan fingerprint density at radius 2 is 2.22 bits per heavy atom. The predicted molar refractivity (Wildman–Crippen MR) is 64.9 cm³/mol. The first-order valence-corrected chi connectivity index (χ1v) is 5.90. The number of hydrogen-bond acceptors (Lipinski definition) is 6. The highest BCUT2D eigenvalue weighted by Gasteiger charge is 2.36. The second-order valence-corrected chi connectivity index (χ2v) is 4.49. The summed E-state index contributed by atoms with van der Waals surface area (Å²) in [5.74, 6) is -0.724. The Morgan fingerprint density at radius 3 is 2.78 bits per heavy atom. The zero-order valence-electron chi connectivity index (χ0n) is 11.0. The molecule has 0 aromatic rings. The largest absolute Gasteiger partial charge is 0.468 e. The number of aliphatic hydroxyl groups excluding tert-OH is 1. The van der Waals surface area contributed by atoms with Gasteiger partial charge in [-0.1, -0.05) is 0 Å². The Balaban J connectivity index is 2.46. The first-order valence-electron chi connectivity index (χ1n) is 5.90. The monoisotopic (exact) mass is 259 g/mol. The molecular formula is C11H21N3O4. The molecule has 0 radical (unpaired) electrons. The second kappa shape index (κ2) is 6.67. The molecule has 0 bridgehead atoms. The van der Waals surface area contributed by atoms with Crippen LogP contribution in [0.2, 0.25) is 0 Å². The number of nitrogens with zero attached hydrogens (tertiary/aromatic N) is 1. The van der Waals surface area contributed by atoms with Crippen molar-refractivity contribution in [2.24, 2.45) is 0 Å². The van der Waals surface area contributed by atoms with Crippen LogP contribution < -0.4 is 10.6 Å². The van der Waals surface area contributed by atoms with Gasteiger partial charge in [-0.15, -0.1) is 0 Å². The van der Waals surface area contributed by atoms with E-state index in [1.165, 1.54) is 7.11 Å². The third-order valence-corrected chi connectivity index (χ3v) is 3.07. The summed E-state index contributed by atoms with van der Waals surface area (Å²) in [4.78, 5) is 24.9. The summed E-state index contributed by atoms with van der Waals surface area (Å²) in [6, 6.07) is -0.472. The van der Waals surface area contributed by atoms with Crippen LogP contribution in [0.3, 0.4) is 0 Å². The van der Waals surface area contributed by atoms with Gasteiger partial charge in [0.05, 0.1) is 7.11 Å². The number of aliphatic hydroxyl groups is 1. The lowest BCUT2D eigenvalue weighted by Crippen LogP contribution is -2.45. The highest BCUT2D eigenvalue weighted by atomic mass is 16.5. The third kappa shape index (κ3) is 3.66. The first-order chi connectivity index (χ1) is 8.49. The van der Waals surface area contributed by atoms with Crippen molar-refractivity contribution in [1.82, 2.24) is 15.5 Å². The highest BCUT2D eigenvalue weighted by molar-refractivity contribution is 5.81. The van der Waals surface area contributed by atoms with Crippen LogP contribution in [-0.4, -0.2) is 74.4 Å². The van der Waals surface area contributed by atoms with E-state index in [-0.39, 0.29) is 24.6 Å². The minimum atomic E-state index is -1.07. The summed E-state index contributed by atoms with van der Waals surface area (Å²) in [6.07, 6.45) is -0.571. The van der Waals surface area contributed by atoms with Gasteiger partial charge in [0.15, 0.2) is 0 Å². The van der Waals surface area contributed by atoms with E-state index in [0.717, 1.165) is 0 Å². The van der Waals surface area contributed by atoms with Crippen LogP contribution in [0.5, 0.6) is 0 Å². The van der Waals surface area contributed by atoms with Gasteiger partial charge in [-0.3, -0.25) is 14.5 Å². The van der Waals surface area contributed by atoms with Gasteiger partial charge < -0.3 is 20.5 Å². The Labute approximate surface area is 106 Å². The molecule has 7 nitrogen and oxygen atoms in total. The lowest BCUT2D eigenvalue weighted by atomic mass is 10.1. The smallest absolute Gasteiger partial charge is 0.323 e. The van der Waals surface area contributed by atoms with Crippen molar-refractivity contribution in [3.8, 4) is 0 Å². The average Bonchev–Trinajstić information content (AvgIpc) is 2.69. The Morgan fingerprint density at radius 1 is 1.56 bits per heavy atom. The lowest BCUT2D eigenvalue weighted by Gasteiger charge is -2.16. The van der Waals surface area contributed by atoms with E-state index in [1.54, 1.807) is 14.1 Å². The predicted octanol–water partition coefficient (Wildman–Crippen LogP) is -2.07. The lowest BCUT2D eigenvalue weighted by molar-refractivity contribution is -0.145. The number of likely N-dealkylation sites (N-methyl/N-ethyl adjacent to an activating group) is 2. The molecule has 0 aliphatic carbocycles. The number of rotatable bonds is 5. The molecule has 1 saturated heterocycles. The fourth-order valence-corrected chi connectivity index (χ4v) is 2.10. The molecule has 0 aromatic heterocycles. The summed E-state index contributed by atoms with van der Waals surface area (Å²) in [5, 5.41) is 14.9. The van der Waals surface area contributed by atoms with Crippen LogP contribution in [-0.2, 0) is 14.3 Å². The quantitative estimate of drug-likeness (QED) is 0.491. The van der Waals surface area contributed by atoms with E-state index in [9.17, 15) is 14.7 Å². The molecule has 0 aromatic carbocycles. The minimum Gasteiger partial charge on any atom is -0.468 e. The van der Waals surface area contributed by atoms with Crippen LogP contribution >= 0.6 is 0 Å². The van der Waals surface area contributed by atoms with Crippen molar-refractivity contribution in [2.45, 2.75) is 24.6 Å². The van der Waals surface area contributed by atoms with Crippen molar-refractivity contribution in [3.63, 3.8) is 0 Å². The average molecular weight is 259 g/mol. The van der Waals surface area contributed by atoms with Gasteiger partial charge in [0.1, 0.15) is 12.1 Å². The van der Waals surface area contributed by atoms with Crippen molar-refractivity contribution in [2.75, 3.05) is 34.3 Å². The molecular weight excluding hydrogens is 238 g/mol. The summed E-state index contributed by atoms with van der Waals surface area (Å²) in [6.45, 7) is 0.770. The van der Waals surface area contributed by atoms with E-state index in [0.29, 0.717) is 13.0 Å². The molecule has 18 heavy (non-hydrogen) atoms. The Bertz CT molecular complexity index is 311. The first kappa shape index (κ1) is 14.9. The number of methoxy groups -OCH3 is 1. The van der Waals surface area contributed by atoms with Crippen LogP contribution in [0.25, 0.3) is 0 Å². The van der Waals surface area contributed by atoms with Crippen LogP contribution in [0.4, 0.5) is 0 Å². The minimum absolute atomic E-state index is 0.141. The van der Waals surface area contributed by atoms with E-state index in [1.807, 2.05) is 4.90 Å². The van der Waals surface area contributed by atoms with Gasteiger partial charge in [0, 0.05) is 19.1 Å². The Kier molecular flexibility index (Phi) is 5.52. The summed E-state index contributed by atoms with van der Waals surface area (Å²) in [7, 11) is 4.81. The third-order valence-electron chi connectivity index (χ3n) is 3.07. The number of amides is 1. The van der Waals surface area contributed by atoms with Gasteiger partial charge in [-0.25, -0.2) is 0 Å². The zero-order valence-corrected chi connectivity index (χ0v) is 11.0. The molecule has 0 spiro atoms. The molecule has 0 saturated carbocycles. The van der Waals surface area contributed by atoms with Crippen molar-refractivity contribution in [1.29, 1.82) is 0 Å². The van der Waals surface area contributed by atoms with Gasteiger partial charge in [0.2, 0.25) is 5.91 Å². The fraction of sp³-hybridized carbons (Fsp3) is 0.818. The molecule has 3 unspecified atom stereocenters. The van der Waals surface area contributed by atoms with Gasteiger partial charge in [-0.2, -0.15) is 0 Å². The normalized spacial score (nSPS) is 25.8. The highest BCUT2D eigenvalue weighted by Crippen LogP contribution is 2.16. The van der Waals surface area contributed by atoms with Gasteiger partial charge in [0.25, 0.3) is 0 Å². The number of hydrogen-bond donors (Lipinski definition) is 3. The molecule has 1 heterocycles. The van der Waals surface area contributed by atoms with Crippen molar-refractivity contribution >= 4 is 11.9 Å². The number of ether oxygens (including phenoxy) is 1. The van der Waals surface area contributed by atoms with Crippen LogP contribution in [0.1, 0.15) is 6.42 Å². The standard InChI is InChI=1S/C11H21N3O4/c1-12-5-9(15)10(16)13-7-4-8(11(17)18-3)14(2)6-7/h7-9,12,15H,4-6H2,1-3H3,(H,13,16). The van der Waals surface area contributed by atoms with E-state index >= 15 is 0 Å². The van der Waals surface area contributed by atoms with Crippen molar-refractivity contribution in [3.05, 3.63) is 0 Å². The maximum atomic E-state index is 11.6. The molecule has 1 fully saturated rings. The van der Waals surface area contributed by atoms with Gasteiger partial charge >= 0.3 is 5.97 Å².